The first kappa shape index (κ1) is 14.2. The van der Waals surface area contributed by atoms with Gasteiger partial charge in [0.2, 0.25) is 5.91 Å². The molecule has 0 fully saturated rings. The maximum atomic E-state index is 12.1. The van der Waals surface area contributed by atoms with Gasteiger partial charge in [-0.15, -0.1) is 0 Å². The molecule has 0 atom stereocenters. The second kappa shape index (κ2) is 5.85. The molecule has 7 nitrogen and oxygen atoms in total. The second-order valence-corrected chi connectivity index (χ2v) is 5.10. The number of carbonyl (C=O) groups is 1. The van der Waals surface area contributed by atoms with E-state index in [4.69, 9.17) is 4.52 Å². The summed E-state index contributed by atoms with van der Waals surface area (Å²) < 4.78 is 9.79. The minimum atomic E-state index is -0.0775. The fraction of sp³-hybridized carbons (Fsp3) is 0.538. The Kier molecular flexibility index (Phi) is 4.16. The fourth-order valence-electron chi connectivity index (χ4n) is 1.69. The highest BCUT2D eigenvalue weighted by Crippen LogP contribution is 2.15. The first-order valence-corrected chi connectivity index (χ1v) is 6.45. The van der Waals surface area contributed by atoms with Crippen LogP contribution in [0.3, 0.4) is 0 Å². The van der Waals surface area contributed by atoms with Gasteiger partial charge in [0.1, 0.15) is 11.4 Å². The number of aryl methyl sites for hydroxylation is 1. The summed E-state index contributed by atoms with van der Waals surface area (Å²) in [6.45, 7) is 6.21. The van der Waals surface area contributed by atoms with Crippen LogP contribution < -0.4 is 0 Å². The number of amides is 1. The maximum absolute atomic E-state index is 12.1. The predicted octanol–water partition coefficient (Wildman–Crippen LogP) is 1.69. The third-order valence-electron chi connectivity index (χ3n) is 3.05. The van der Waals surface area contributed by atoms with Crippen molar-refractivity contribution < 1.29 is 13.9 Å². The Labute approximate surface area is 116 Å². The van der Waals surface area contributed by atoms with Gasteiger partial charge in [-0.05, 0) is 12.8 Å². The summed E-state index contributed by atoms with van der Waals surface area (Å²) in [5, 5.41) is 11.3. The summed E-state index contributed by atoms with van der Waals surface area (Å²) in [6.07, 6.45) is 0.164. The Balaban J connectivity index is 1.95. The molecule has 0 unspecified atom stereocenters. The lowest BCUT2D eigenvalue weighted by Gasteiger charge is -2.14. The highest BCUT2D eigenvalue weighted by Gasteiger charge is 2.17. The van der Waals surface area contributed by atoms with Crippen molar-refractivity contribution in [2.75, 3.05) is 7.05 Å². The molecular formula is C13H18N4O3. The number of hydrogen-bond acceptors (Lipinski definition) is 6. The highest BCUT2D eigenvalue weighted by atomic mass is 16.6. The summed E-state index contributed by atoms with van der Waals surface area (Å²) in [5.41, 5.74) is 2.08. The molecule has 0 saturated heterocycles. The van der Waals surface area contributed by atoms with Crippen molar-refractivity contribution in [3.8, 4) is 0 Å². The Morgan fingerprint density at radius 2 is 2.10 bits per heavy atom. The largest absolute Gasteiger partial charge is 0.359 e. The summed E-state index contributed by atoms with van der Waals surface area (Å²) in [5.74, 6) is 0.892. The van der Waals surface area contributed by atoms with E-state index in [1.54, 1.807) is 18.9 Å². The van der Waals surface area contributed by atoms with Crippen LogP contribution in [0, 0.1) is 6.92 Å². The Morgan fingerprint density at radius 1 is 1.35 bits per heavy atom. The van der Waals surface area contributed by atoms with Crippen LogP contribution >= 0.6 is 0 Å². The zero-order valence-electron chi connectivity index (χ0n) is 12.1. The molecular weight excluding hydrogens is 260 g/mol. The van der Waals surface area contributed by atoms with Crippen molar-refractivity contribution in [2.45, 2.75) is 39.7 Å². The SMILES string of the molecule is Cc1nonc1CC(=O)N(C)Cc1cc(C(C)C)no1. The summed E-state index contributed by atoms with van der Waals surface area (Å²) in [7, 11) is 1.71. The minimum absolute atomic E-state index is 0.0775. The van der Waals surface area contributed by atoms with Gasteiger partial charge in [0.05, 0.1) is 18.7 Å². The quantitative estimate of drug-likeness (QED) is 0.827. The molecule has 2 aromatic rings. The number of carbonyl (C=O) groups excluding carboxylic acids is 1. The van der Waals surface area contributed by atoms with Crippen molar-refractivity contribution in [3.63, 3.8) is 0 Å². The van der Waals surface area contributed by atoms with E-state index in [0.717, 1.165) is 5.69 Å². The summed E-state index contributed by atoms with van der Waals surface area (Å²) >= 11 is 0. The molecule has 0 N–H and O–H groups in total. The maximum Gasteiger partial charge on any atom is 0.228 e. The van der Waals surface area contributed by atoms with Crippen LogP contribution in [-0.4, -0.2) is 33.3 Å². The fourth-order valence-corrected chi connectivity index (χ4v) is 1.69. The average molecular weight is 278 g/mol. The molecule has 0 spiro atoms. The van der Waals surface area contributed by atoms with Gasteiger partial charge in [-0.3, -0.25) is 4.79 Å². The topological polar surface area (TPSA) is 85.3 Å². The van der Waals surface area contributed by atoms with Crippen LogP contribution in [0.5, 0.6) is 0 Å². The van der Waals surface area contributed by atoms with Crippen molar-refractivity contribution in [1.29, 1.82) is 0 Å². The Morgan fingerprint density at radius 3 is 2.65 bits per heavy atom. The highest BCUT2D eigenvalue weighted by molar-refractivity contribution is 5.78. The van der Waals surface area contributed by atoms with Gasteiger partial charge in [-0.25, -0.2) is 4.63 Å². The molecule has 2 heterocycles. The molecule has 0 aliphatic rings. The molecule has 2 rings (SSSR count). The first-order chi connectivity index (χ1) is 9.47. The molecule has 108 valence electrons. The van der Waals surface area contributed by atoms with Crippen LogP contribution in [0.4, 0.5) is 0 Å². The molecule has 1 amide bonds. The van der Waals surface area contributed by atoms with Crippen LogP contribution in [0.25, 0.3) is 0 Å². The van der Waals surface area contributed by atoms with Gasteiger partial charge in [-0.2, -0.15) is 0 Å². The number of aromatic nitrogens is 3. The third-order valence-corrected chi connectivity index (χ3v) is 3.05. The van der Waals surface area contributed by atoms with Gasteiger partial charge in [0.25, 0.3) is 0 Å². The first-order valence-electron chi connectivity index (χ1n) is 6.45. The number of rotatable bonds is 5. The van der Waals surface area contributed by atoms with Gasteiger partial charge in [0, 0.05) is 13.1 Å². The van der Waals surface area contributed by atoms with Gasteiger partial charge >= 0.3 is 0 Å². The molecule has 7 heteroatoms. The number of hydrogen-bond donors (Lipinski definition) is 0. The van der Waals surface area contributed by atoms with E-state index in [-0.39, 0.29) is 12.3 Å². The van der Waals surface area contributed by atoms with E-state index in [1.807, 2.05) is 19.9 Å². The van der Waals surface area contributed by atoms with Gasteiger partial charge < -0.3 is 9.42 Å². The lowest BCUT2D eigenvalue weighted by atomic mass is 10.1. The normalized spacial score (nSPS) is 11.1. The van der Waals surface area contributed by atoms with Gasteiger partial charge in [-0.1, -0.05) is 29.3 Å². The van der Waals surface area contributed by atoms with E-state index in [1.165, 1.54) is 0 Å². The minimum Gasteiger partial charge on any atom is -0.359 e. The van der Waals surface area contributed by atoms with Crippen LogP contribution in [-0.2, 0) is 17.8 Å². The lowest BCUT2D eigenvalue weighted by Crippen LogP contribution is -2.27. The Bertz CT molecular complexity index is 588. The molecule has 20 heavy (non-hydrogen) atoms. The van der Waals surface area contributed by atoms with E-state index in [0.29, 0.717) is 29.6 Å². The van der Waals surface area contributed by atoms with E-state index in [2.05, 4.69) is 20.1 Å². The monoisotopic (exact) mass is 278 g/mol. The van der Waals surface area contributed by atoms with Crippen LogP contribution in [0.1, 0.15) is 42.6 Å². The zero-order valence-corrected chi connectivity index (χ0v) is 12.1. The number of likely N-dealkylation sites (N-methyl/N-ethyl adjacent to an activating group) is 1. The van der Waals surface area contributed by atoms with Gasteiger partial charge in [0.15, 0.2) is 5.76 Å². The third kappa shape index (κ3) is 3.23. The molecule has 0 radical (unpaired) electrons. The van der Waals surface area contributed by atoms with E-state index >= 15 is 0 Å². The van der Waals surface area contributed by atoms with Crippen molar-refractivity contribution in [2.24, 2.45) is 0 Å². The molecule has 0 aromatic carbocycles. The second-order valence-electron chi connectivity index (χ2n) is 5.10. The molecule has 0 aliphatic carbocycles. The molecule has 0 aliphatic heterocycles. The van der Waals surface area contributed by atoms with E-state index in [9.17, 15) is 4.79 Å². The zero-order chi connectivity index (χ0) is 14.7. The summed E-state index contributed by atoms with van der Waals surface area (Å²) in [4.78, 5) is 13.6. The summed E-state index contributed by atoms with van der Waals surface area (Å²) in [6, 6.07) is 1.87. The van der Waals surface area contributed by atoms with Crippen LogP contribution in [0.2, 0.25) is 0 Å². The van der Waals surface area contributed by atoms with Crippen LogP contribution in [0.15, 0.2) is 15.2 Å². The number of nitrogens with zero attached hydrogens (tertiary/aromatic N) is 4. The standard InChI is InChI=1S/C13H18N4O3/c1-8(2)11-5-10(19-15-11)7-17(4)13(18)6-12-9(3)14-20-16-12/h5,8H,6-7H2,1-4H3. The van der Waals surface area contributed by atoms with E-state index < -0.39 is 0 Å². The smallest absolute Gasteiger partial charge is 0.228 e. The molecule has 0 bridgehead atoms. The lowest BCUT2D eigenvalue weighted by molar-refractivity contribution is -0.130. The van der Waals surface area contributed by atoms with Crippen molar-refractivity contribution >= 4 is 5.91 Å². The molecule has 0 saturated carbocycles. The Hall–Kier alpha value is -2.18. The average Bonchev–Trinajstić information content (AvgIpc) is 2.99. The van der Waals surface area contributed by atoms with Crippen molar-refractivity contribution in [1.82, 2.24) is 20.4 Å². The predicted molar refractivity (Wildman–Crippen MR) is 69.8 cm³/mol. The molecule has 2 aromatic heterocycles. The van der Waals surface area contributed by atoms with Crippen molar-refractivity contribution in [3.05, 3.63) is 28.9 Å².